The van der Waals surface area contributed by atoms with Crippen molar-refractivity contribution in [2.45, 2.75) is 24.0 Å². The summed E-state index contributed by atoms with van der Waals surface area (Å²) in [5.74, 6) is -0.110. The molecule has 3 aromatic heterocycles. The Morgan fingerprint density at radius 2 is 2.04 bits per heavy atom. The summed E-state index contributed by atoms with van der Waals surface area (Å²) in [6, 6.07) is 11.1. The number of aromatic nitrogens is 6. The number of hydrogen-bond acceptors (Lipinski definition) is 7. The number of aryl methyl sites for hydroxylation is 2. The van der Waals surface area contributed by atoms with Crippen molar-refractivity contribution in [2.75, 3.05) is 0 Å². The van der Waals surface area contributed by atoms with Gasteiger partial charge in [-0.05, 0) is 58.7 Å². The predicted molar refractivity (Wildman–Crippen MR) is 94.6 cm³/mol. The highest BCUT2D eigenvalue weighted by molar-refractivity contribution is 7.99. The molecule has 0 radical (unpaired) electrons. The average molecular weight is 367 g/mol. The normalized spacial score (nSPS) is 11.2. The maximum Gasteiger partial charge on any atom is 0.362 e. The Bertz CT molecular complexity index is 1130. The van der Waals surface area contributed by atoms with E-state index in [0.717, 1.165) is 28.6 Å². The Labute approximate surface area is 151 Å². The summed E-state index contributed by atoms with van der Waals surface area (Å²) < 4.78 is 3.00. The topological polar surface area (TPSA) is 104 Å². The van der Waals surface area contributed by atoms with Gasteiger partial charge in [-0.3, -0.25) is 0 Å². The number of nitro groups is 1. The minimum Gasteiger partial charge on any atom is -0.358 e. The molecular formula is C16H13N7O2S. The number of rotatable bonds is 4. The van der Waals surface area contributed by atoms with Crippen LogP contribution in [0, 0.1) is 24.0 Å². The van der Waals surface area contributed by atoms with E-state index in [1.54, 1.807) is 29.1 Å². The van der Waals surface area contributed by atoms with Gasteiger partial charge in [0.15, 0.2) is 0 Å². The van der Waals surface area contributed by atoms with Crippen LogP contribution in [0.3, 0.4) is 0 Å². The van der Waals surface area contributed by atoms with Crippen molar-refractivity contribution in [2.24, 2.45) is 0 Å². The van der Waals surface area contributed by atoms with Crippen LogP contribution in [-0.2, 0) is 0 Å². The van der Waals surface area contributed by atoms with E-state index in [1.165, 1.54) is 4.40 Å². The number of hydrogen-bond donors (Lipinski definition) is 0. The van der Waals surface area contributed by atoms with Gasteiger partial charge in [-0.25, -0.2) is 0 Å². The summed E-state index contributed by atoms with van der Waals surface area (Å²) >= 11 is 1.06. The summed E-state index contributed by atoms with van der Waals surface area (Å²) in [6.45, 7) is 3.97. The van der Waals surface area contributed by atoms with Crippen LogP contribution in [-0.4, -0.2) is 34.5 Å². The van der Waals surface area contributed by atoms with Crippen molar-refractivity contribution in [3.63, 3.8) is 0 Å². The molecule has 0 bridgehead atoms. The largest absolute Gasteiger partial charge is 0.362 e. The third-order valence-electron chi connectivity index (χ3n) is 3.86. The van der Waals surface area contributed by atoms with Crippen LogP contribution < -0.4 is 0 Å². The third kappa shape index (κ3) is 2.69. The molecule has 0 amide bonds. The number of benzene rings is 1. The first-order valence-electron chi connectivity index (χ1n) is 7.70. The summed E-state index contributed by atoms with van der Waals surface area (Å²) in [5.41, 5.74) is 3.44. The molecule has 130 valence electrons. The van der Waals surface area contributed by atoms with Gasteiger partial charge in [0.25, 0.3) is 0 Å². The minimum atomic E-state index is -0.451. The van der Waals surface area contributed by atoms with Gasteiger partial charge in [-0.1, -0.05) is 23.8 Å². The lowest BCUT2D eigenvalue weighted by atomic mass is 10.1. The molecule has 26 heavy (non-hydrogen) atoms. The van der Waals surface area contributed by atoms with E-state index in [4.69, 9.17) is 0 Å². The van der Waals surface area contributed by atoms with Crippen LogP contribution in [0.15, 0.2) is 52.8 Å². The van der Waals surface area contributed by atoms with Crippen molar-refractivity contribution >= 4 is 23.2 Å². The van der Waals surface area contributed by atoms with Crippen LogP contribution >= 0.6 is 11.8 Å². The fraction of sp³-hybridized carbons (Fsp3) is 0.125. The van der Waals surface area contributed by atoms with Crippen LogP contribution in [0.5, 0.6) is 0 Å². The van der Waals surface area contributed by atoms with Crippen LogP contribution in [0.2, 0.25) is 0 Å². The highest BCUT2D eigenvalue weighted by Gasteiger charge is 2.25. The molecule has 3 heterocycles. The summed E-state index contributed by atoms with van der Waals surface area (Å²) in [4.78, 5) is 15.4. The van der Waals surface area contributed by atoms with Crippen molar-refractivity contribution in [1.29, 1.82) is 0 Å². The highest BCUT2D eigenvalue weighted by Crippen LogP contribution is 2.34. The first-order valence-corrected chi connectivity index (χ1v) is 8.51. The van der Waals surface area contributed by atoms with Crippen LogP contribution in [0.4, 0.5) is 5.82 Å². The second-order valence-electron chi connectivity index (χ2n) is 5.69. The van der Waals surface area contributed by atoms with Crippen molar-refractivity contribution in [1.82, 2.24) is 29.6 Å². The summed E-state index contributed by atoms with van der Waals surface area (Å²) in [5, 5.41) is 24.0. The van der Waals surface area contributed by atoms with Crippen molar-refractivity contribution in [3.05, 3.63) is 63.8 Å². The van der Waals surface area contributed by atoms with Crippen molar-refractivity contribution < 1.29 is 4.92 Å². The first kappa shape index (κ1) is 16.2. The highest BCUT2D eigenvalue weighted by atomic mass is 32.2. The second kappa shape index (κ2) is 6.23. The maximum atomic E-state index is 11.5. The molecule has 4 rings (SSSR count). The molecule has 4 aromatic rings. The fourth-order valence-corrected chi connectivity index (χ4v) is 3.59. The lowest BCUT2D eigenvalue weighted by molar-refractivity contribution is -0.393. The van der Waals surface area contributed by atoms with Gasteiger partial charge >= 0.3 is 5.82 Å². The molecule has 0 aliphatic rings. The molecule has 0 aliphatic carbocycles. The maximum absolute atomic E-state index is 11.5. The Morgan fingerprint density at radius 3 is 2.81 bits per heavy atom. The lowest BCUT2D eigenvalue weighted by Crippen LogP contribution is -2.02. The molecule has 10 heteroatoms. The lowest BCUT2D eigenvalue weighted by Gasteiger charge is -2.07. The molecule has 1 aromatic carbocycles. The zero-order valence-electron chi connectivity index (χ0n) is 13.9. The smallest absolute Gasteiger partial charge is 0.358 e. The monoisotopic (exact) mass is 367 g/mol. The van der Waals surface area contributed by atoms with Gasteiger partial charge in [0.1, 0.15) is 0 Å². The zero-order valence-corrected chi connectivity index (χ0v) is 14.7. The van der Waals surface area contributed by atoms with E-state index >= 15 is 0 Å². The van der Waals surface area contributed by atoms with E-state index in [2.05, 4.69) is 20.5 Å². The molecule has 0 unspecified atom stereocenters. The summed E-state index contributed by atoms with van der Waals surface area (Å²) in [7, 11) is 0. The van der Waals surface area contributed by atoms with Crippen LogP contribution in [0.25, 0.3) is 11.3 Å². The molecule has 9 nitrogen and oxygen atoms in total. The van der Waals surface area contributed by atoms with E-state index in [0.29, 0.717) is 10.8 Å². The van der Waals surface area contributed by atoms with Gasteiger partial charge in [-0.15, -0.1) is 5.10 Å². The molecule has 0 atom stereocenters. The number of nitrogens with zero attached hydrogens (tertiary/aromatic N) is 7. The third-order valence-corrected chi connectivity index (χ3v) is 4.76. The standard InChI is InChI=1S/C16H13N7O2S/c1-10-6-7-12(11(2)9-10)22-16(18-19-20-22)26-14-15(23(24)25)21-8-4-3-5-13(21)17-14/h3-9H,1-2H3. The fourth-order valence-electron chi connectivity index (χ4n) is 2.72. The van der Waals surface area contributed by atoms with Gasteiger partial charge in [0.05, 0.1) is 11.9 Å². The second-order valence-corrected chi connectivity index (χ2v) is 6.65. The van der Waals surface area contributed by atoms with E-state index in [-0.39, 0.29) is 10.8 Å². The first-order chi connectivity index (χ1) is 12.5. The number of fused-ring (bicyclic) bond motifs is 1. The Hall–Kier alpha value is -3.27. The van der Waals surface area contributed by atoms with Gasteiger partial charge in [-0.2, -0.15) is 14.1 Å². The molecule has 0 saturated heterocycles. The Kier molecular flexibility index (Phi) is 3.88. The molecule has 0 aliphatic heterocycles. The van der Waals surface area contributed by atoms with E-state index in [9.17, 15) is 10.1 Å². The SMILES string of the molecule is Cc1ccc(-n2nnnc2Sc2nc3ccccn3c2[N+](=O)[O-])c(C)c1. The van der Waals surface area contributed by atoms with Gasteiger partial charge < -0.3 is 10.1 Å². The minimum absolute atomic E-state index is 0.110. The Morgan fingerprint density at radius 1 is 1.19 bits per heavy atom. The number of tetrazole rings is 1. The van der Waals surface area contributed by atoms with Gasteiger partial charge in [0.2, 0.25) is 15.8 Å². The summed E-state index contributed by atoms with van der Waals surface area (Å²) in [6.07, 6.45) is 1.61. The molecule has 0 saturated carbocycles. The molecular weight excluding hydrogens is 354 g/mol. The van der Waals surface area contributed by atoms with Crippen molar-refractivity contribution in [3.8, 4) is 5.69 Å². The van der Waals surface area contributed by atoms with E-state index < -0.39 is 4.92 Å². The zero-order chi connectivity index (χ0) is 18.3. The van der Waals surface area contributed by atoms with Crippen LogP contribution in [0.1, 0.15) is 11.1 Å². The molecule has 0 spiro atoms. The molecule has 0 fully saturated rings. The quantitative estimate of drug-likeness (QED) is 0.403. The average Bonchev–Trinajstić information content (AvgIpc) is 3.19. The van der Waals surface area contributed by atoms with Gasteiger partial charge in [0, 0.05) is 6.07 Å². The van der Waals surface area contributed by atoms with E-state index in [1.807, 2.05) is 32.0 Å². The Balaban J connectivity index is 1.80. The number of pyridine rings is 1. The number of imidazole rings is 1. The predicted octanol–water partition coefficient (Wildman–Crippen LogP) is 2.99. The molecule has 0 N–H and O–H groups in total.